The van der Waals surface area contributed by atoms with E-state index in [1.807, 2.05) is 24.3 Å². The molecule has 4 aromatic rings. The molecule has 0 unspecified atom stereocenters. The number of para-hydroxylation sites is 4. The summed E-state index contributed by atoms with van der Waals surface area (Å²) in [4.78, 5) is 23.0. The normalized spacial score (nSPS) is 17.8. The summed E-state index contributed by atoms with van der Waals surface area (Å²) in [5.41, 5.74) is 2.43. The topological polar surface area (TPSA) is 148 Å². The summed E-state index contributed by atoms with van der Waals surface area (Å²) in [5, 5.41) is 48.0. The summed E-state index contributed by atoms with van der Waals surface area (Å²) in [5.74, 6) is 29.3. The molecule has 0 bridgehead atoms. The molecule has 102 heavy (non-hydrogen) atoms. The zero-order chi connectivity index (χ0) is 77.6. The van der Waals surface area contributed by atoms with E-state index in [1.54, 1.807) is 97.7 Å². The predicted octanol–water partition coefficient (Wildman–Crippen LogP) is 19.3. The Bertz CT molecular complexity index is 2330. The van der Waals surface area contributed by atoms with E-state index in [1.165, 1.54) is 190 Å². The minimum Gasteiger partial charge on any atom is -0.872 e. The second kappa shape index (κ2) is 58.4. The molecule has 4 saturated carbocycles. The van der Waals surface area contributed by atoms with E-state index in [4.69, 9.17) is 0 Å². The molecule has 4 aliphatic carbocycles. The standard InChI is InChI=1S/C44H56N6O4.4C10H15.4ClH.4Ir/c51-41-19-5-1-15-37(41)33-45-23-11-29-49(30-12-24-46-34-38-16-2-6-20-42(38)52)27-9-10-28-50(31-13-25-47-35-39-17-3-7-21-43(39)53)32-14-26-48-36-40-18-4-8-22-44(40)54;4*1-6-7(2)9(4)10(5)8(6)3;;;;;;;;/h1-8,15-22,33-36,51-54H,9-14,23-32H2;4*1-5H3;4*1H;;;;/q;;;;;;;;;4*+3/p-8. The van der Waals surface area contributed by atoms with Crippen LogP contribution in [0.1, 0.15) is 199 Å². The molecular formula is C84H112Cl4Ir4N6O4+4. The average molecular weight is 2180 g/mol. The van der Waals surface area contributed by atoms with Gasteiger partial charge < -0.3 is 30.2 Å². The number of rotatable bonds is 25. The first-order chi connectivity index (χ1) is 48.7. The monoisotopic (exact) mass is 2180 g/mol. The van der Waals surface area contributed by atoms with E-state index in [2.05, 4.69) is 207 Å². The van der Waals surface area contributed by atoms with Gasteiger partial charge in [0.05, 0.1) is 0 Å². The molecule has 562 valence electrons. The Morgan fingerprint density at radius 3 is 0.500 bits per heavy atom. The second-order valence-corrected chi connectivity index (χ2v) is 25.6. The van der Waals surface area contributed by atoms with Crippen molar-refractivity contribution < 1.29 is 92.0 Å². The van der Waals surface area contributed by atoms with Gasteiger partial charge in [-0.1, -0.05) is 236 Å². The summed E-state index contributed by atoms with van der Waals surface area (Å²) in [7, 11) is 18.6. The number of halogens is 4. The summed E-state index contributed by atoms with van der Waals surface area (Å²) in [6, 6.07) is 27.7. The molecule has 4 aromatic carbocycles. The molecule has 0 aliphatic heterocycles. The maximum atomic E-state index is 12.0. The number of hydrogen-bond donors (Lipinski definition) is 0. The van der Waals surface area contributed by atoms with Crippen LogP contribution >= 0.6 is 38.3 Å². The average Bonchev–Trinajstić information content (AvgIpc) is 1.70. The zero-order valence-corrected chi connectivity index (χ0v) is 76.6. The first-order valence-corrected chi connectivity index (χ1v) is 46.4. The molecule has 18 heteroatoms. The molecule has 4 fully saturated rings. The molecule has 0 aromatic heterocycles. The van der Waals surface area contributed by atoms with Crippen molar-refractivity contribution in [2.75, 3.05) is 65.4 Å². The number of nitrogens with zero attached hydrogens (tertiary/aromatic N) is 6. The van der Waals surface area contributed by atoms with E-state index >= 15 is 0 Å². The van der Waals surface area contributed by atoms with Gasteiger partial charge in [0.25, 0.3) is 0 Å². The SMILES string of the molecule is C[C]1[C](C)[C](C)[C](C)[C]1C.C[C]1[C](C)[C](C)[C](C)[C]1C.C[C]1[C](C)[C](C)[C](C)[C]1C.C[C]1[C](C)[C](C)[C](C)[C]1C.[Cl][Ir+2].[Cl][Ir+2].[Cl][Ir+2].[Cl][Ir+2].[O-]c1ccccc1C=NCCCN(CCCCN(CCCN=Cc1ccccc1[O-])CCCN=Cc1ccccc1[O-])CCCN=Cc1ccccc1[O-]. The zero-order valence-electron chi connectivity index (χ0n) is 64.0. The minimum absolute atomic E-state index is 0.0208. The van der Waals surface area contributed by atoms with Gasteiger partial charge in [-0.2, -0.15) is 0 Å². The van der Waals surface area contributed by atoms with E-state index in [-0.39, 0.29) is 23.0 Å². The Kier molecular flexibility index (Phi) is 57.5. The summed E-state index contributed by atoms with van der Waals surface area (Å²) in [6.45, 7) is 52.0. The first kappa shape index (κ1) is 100. The van der Waals surface area contributed by atoms with Crippen molar-refractivity contribution in [3.63, 3.8) is 0 Å². The van der Waals surface area contributed by atoms with Crippen molar-refractivity contribution in [3.8, 4) is 23.0 Å². The van der Waals surface area contributed by atoms with Crippen LogP contribution < -0.4 is 20.4 Å². The Balaban J connectivity index is 0.00000168. The van der Waals surface area contributed by atoms with Gasteiger partial charge >= 0.3 is 110 Å². The van der Waals surface area contributed by atoms with Gasteiger partial charge in [-0.25, -0.2) is 0 Å². The van der Waals surface area contributed by atoms with Gasteiger partial charge in [0, 0.05) is 51.0 Å². The van der Waals surface area contributed by atoms with Crippen LogP contribution in [0.4, 0.5) is 0 Å². The molecule has 0 N–H and O–H groups in total. The second-order valence-electron chi connectivity index (χ2n) is 25.6. The molecule has 8 rings (SSSR count). The largest absolute Gasteiger partial charge is 0.872 e. The number of aliphatic imine (C=N–C) groups is 4. The van der Waals surface area contributed by atoms with Crippen LogP contribution in [-0.2, 0) is 71.6 Å². The van der Waals surface area contributed by atoms with Crippen molar-refractivity contribution >= 4 is 63.2 Å². The molecule has 0 spiro atoms. The van der Waals surface area contributed by atoms with Crippen molar-refractivity contribution in [2.24, 2.45) is 20.0 Å². The molecule has 0 saturated heterocycles. The number of benzene rings is 4. The molecular weight excluding hydrogens is 2070 g/mol. The maximum Gasteiger partial charge on any atom is 0.0401 e. The Morgan fingerprint density at radius 2 is 0.363 bits per heavy atom. The molecule has 0 heterocycles. The van der Waals surface area contributed by atoms with Gasteiger partial charge in [0.1, 0.15) is 0 Å². The number of hydrogen-bond acceptors (Lipinski definition) is 10. The molecule has 0 amide bonds. The van der Waals surface area contributed by atoms with Crippen LogP contribution in [0.15, 0.2) is 117 Å². The third-order valence-corrected chi connectivity index (χ3v) is 20.1. The quantitative estimate of drug-likeness (QED) is 0.0477. The minimum atomic E-state index is -0.0208. The van der Waals surface area contributed by atoms with Crippen LogP contribution in [0.3, 0.4) is 0 Å². The van der Waals surface area contributed by atoms with Gasteiger partial charge in [0.2, 0.25) is 0 Å². The Labute approximate surface area is 681 Å². The fraction of sp³-hybridized carbons (Fsp3) is 0.429. The van der Waals surface area contributed by atoms with Crippen LogP contribution in [-0.4, -0.2) is 100 Å². The summed E-state index contributed by atoms with van der Waals surface area (Å²) in [6.07, 6.45) is 12.3. The van der Waals surface area contributed by atoms with Crippen molar-refractivity contribution in [1.82, 2.24) is 9.80 Å². The maximum absolute atomic E-state index is 12.0. The smallest absolute Gasteiger partial charge is 0.0401 e. The van der Waals surface area contributed by atoms with Crippen molar-refractivity contribution in [1.29, 1.82) is 0 Å². The van der Waals surface area contributed by atoms with E-state index in [0.717, 1.165) is 77.8 Å². The van der Waals surface area contributed by atoms with E-state index < -0.39 is 0 Å². The fourth-order valence-electron chi connectivity index (χ4n) is 11.5. The van der Waals surface area contributed by atoms with Crippen molar-refractivity contribution in [3.05, 3.63) is 238 Å². The van der Waals surface area contributed by atoms with Crippen LogP contribution in [0.25, 0.3) is 0 Å². The van der Waals surface area contributed by atoms with Crippen molar-refractivity contribution in [2.45, 2.75) is 177 Å². The summed E-state index contributed by atoms with van der Waals surface area (Å²) >= 11 is 5.89. The van der Waals surface area contributed by atoms with Gasteiger partial charge in [-0.15, -0.1) is 23.0 Å². The third-order valence-electron chi connectivity index (χ3n) is 20.1. The van der Waals surface area contributed by atoms with E-state index in [9.17, 15) is 20.4 Å². The van der Waals surface area contributed by atoms with Crippen LogP contribution in [0.5, 0.6) is 23.0 Å². The first-order valence-electron chi connectivity index (χ1n) is 34.5. The Morgan fingerprint density at radius 1 is 0.235 bits per heavy atom. The predicted molar refractivity (Wildman–Crippen MR) is 416 cm³/mol. The van der Waals surface area contributed by atoms with Crippen LogP contribution in [0.2, 0.25) is 0 Å². The fourth-order valence-corrected chi connectivity index (χ4v) is 11.5. The van der Waals surface area contributed by atoms with E-state index in [0.29, 0.717) is 48.4 Å². The van der Waals surface area contributed by atoms with Gasteiger partial charge in [-0.05, 0) is 218 Å². The van der Waals surface area contributed by atoms with Gasteiger partial charge in [0.15, 0.2) is 0 Å². The molecule has 10 nitrogen and oxygen atoms in total. The van der Waals surface area contributed by atoms with Crippen LogP contribution in [0, 0.1) is 118 Å². The molecule has 4 aliphatic rings. The number of unbranched alkanes of at least 4 members (excludes halogenated alkanes) is 1. The summed E-state index contributed by atoms with van der Waals surface area (Å²) < 4.78 is 0. The Hall–Kier alpha value is -1.56. The molecule has 0 atom stereocenters. The van der Waals surface area contributed by atoms with Gasteiger partial charge in [-0.3, -0.25) is 20.0 Å². The molecule has 20 radical (unpaired) electrons. The third kappa shape index (κ3) is 35.9.